The Morgan fingerprint density at radius 3 is 2.62 bits per heavy atom. The molecule has 5 rings (SSSR count). The van der Waals surface area contributed by atoms with Crippen molar-refractivity contribution < 1.29 is 14.0 Å². The molecule has 1 aromatic carbocycles. The number of pyridine rings is 1. The number of nitrogens with one attached hydrogen (secondary N) is 1. The molecule has 0 radical (unpaired) electrons. The maximum atomic E-state index is 13.0. The lowest BCUT2D eigenvalue weighted by molar-refractivity contribution is -0.132. The van der Waals surface area contributed by atoms with Crippen molar-refractivity contribution in [1.82, 2.24) is 25.0 Å². The van der Waals surface area contributed by atoms with Gasteiger partial charge in [-0.25, -0.2) is 0 Å². The minimum Gasteiger partial charge on any atom is -0.467 e. The molecular formula is C29H29N5O3. The summed E-state index contributed by atoms with van der Waals surface area (Å²) in [4.78, 5) is 31.5. The highest BCUT2D eigenvalue weighted by atomic mass is 16.3. The van der Waals surface area contributed by atoms with Crippen molar-refractivity contribution in [2.24, 2.45) is 5.92 Å². The predicted molar refractivity (Wildman–Crippen MR) is 140 cm³/mol. The lowest BCUT2D eigenvalue weighted by atomic mass is 9.96. The Bertz CT molecular complexity index is 1340. The molecule has 8 heteroatoms. The molecule has 0 unspecified atom stereocenters. The third-order valence-corrected chi connectivity index (χ3v) is 6.51. The van der Waals surface area contributed by atoms with Gasteiger partial charge in [0.25, 0.3) is 0 Å². The first-order chi connectivity index (χ1) is 18.2. The number of carbonyl (C=O) groups is 2. The Balaban J connectivity index is 1.22. The number of hydrogen-bond donors (Lipinski definition) is 1. The molecule has 1 aliphatic heterocycles. The molecule has 4 aromatic rings. The lowest BCUT2D eigenvalue weighted by Crippen LogP contribution is -2.42. The Morgan fingerprint density at radius 2 is 1.89 bits per heavy atom. The smallest absolute Gasteiger partial charge is 0.246 e. The van der Waals surface area contributed by atoms with E-state index >= 15 is 0 Å². The van der Waals surface area contributed by atoms with Crippen LogP contribution in [0.15, 0.2) is 89.9 Å². The fraction of sp³-hybridized carbons (Fsp3) is 0.241. The van der Waals surface area contributed by atoms with Crippen LogP contribution in [0.4, 0.5) is 0 Å². The van der Waals surface area contributed by atoms with Gasteiger partial charge in [0.1, 0.15) is 11.5 Å². The van der Waals surface area contributed by atoms with Crippen molar-refractivity contribution in [3.63, 3.8) is 0 Å². The molecule has 8 nitrogen and oxygen atoms in total. The number of likely N-dealkylation sites (tertiary alicyclic amines) is 1. The van der Waals surface area contributed by atoms with Crippen molar-refractivity contribution in [2.45, 2.75) is 25.9 Å². The summed E-state index contributed by atoms with van der Waals surface area (Å²) in [6.07, 6.45) is 11.7. The van der Waals surface area contributed by atoms with Gasteiger partial charge < -0.3 is 14.6 Å². The molecule has 0 aliphatic carbocycles. The van der Waals surface area contributed by atoms with Crippen LogP contribution in [0.1, 0.15) is 29.7 Å². The van der Waals surface area contributed by atoms with E-state index in [2.05, 4.69) is 22.4 Å². The number of aromatic nitrogens is 3. The summed E-state index contributed by atoms with van der Waals surface area (Å²) in [5.74, 6) is 0.564. The van der Waals surface area contributed by atoms with Crippen LogP contribution < -0.4 is 5.32 Å². The summed E-state index contributed by atoms with van der Waals surface area (Å²) in [7, 11) is 0. The zero-order valence-electron chi connectivity index (χ0n) is 20.5. The maximum absolute atomic E-state index is 13.0. The summed E-state index contributed by atoms with van der Waals surface area (Å²) < 4.78 is 7.15. The molecule has 3 aromatic heterocycles. The van der Waals surface area contributed by atoms with Gasteiger partial charge in [-0.05, 0) is 48.7 Å². The van der Waals surface area contributed by atoms with E-state index in [1.54, 1.807) is 35.7 Å². The molecule has 0 saturated carbocycles. The van der Waals surface area contributed by atoms with Gasteiger partial charge in [0, 0.05) is 54.8 Å². The lowest BCUT2D eigenvalue weighted by Gasteiger charge is -2.30. The number of piperidine rings is 1. The van der Waals surface area contributed by atoms with E-state index in [1.165, 1.54) is 0 Å². The molecule has 1 aliphatic rings. The highest BCUT2D eigenvalue weighted by Gasteiger charge is 2.26. The van der Waals surface area contributed by atoms with Gasteiger partial charge in [-0.1, -0.05) is 30.3 Å². The van der Waals surface area contributed by atoms with Gasteiger partial charge in [0.15, 0.2) is 0 Å². The van der Waals surface area contributed by atoms with Crippen LogP contribution >= 0.6 is 0 Å². The fourth-order valence-electron chi connectivity index (χ4n) is 4.50. The number of nitrogens with zero attached hydrogens (tertiary/aromatic N) is 4. The molecule has 1 fully saturated rings. The zero-order chi connectivity index (χ0) is 25.5. The van der Waals surface area contributed by atoms with Crippen LogP contribution in [0.5, 0.6) is 0 Å². The minimum atomic E-state index is -0.101. The average Bonchev–Trinajstić information content (AvgIpc) is 3.61. The van der Waals surface area contributed by atoms with Gasteiger partial charge in [0.05, 0.1) is 19.4 Å². The summed E-state index contributed by atoms with van der Waals surface area (Å²) in [6, 6.07) is 17.6. The molecule has 0 spiro atoms. The molecule has 0 atom stereocenters. The molecule has 1 N–H and O–H groups in total. The van der Waals surface area contributed by atoms with Crippen LogP contribution in [-0.4, -0.2) is 44.6 Å². The number of carbonyl (C=O) groups excluding carboxylic acids is 2. The number of furan rings is 1. The van der Waals surface area contributed by atoms with Crippen molar-refractivity contribution in [3.05, 3.63) is 102 Å². The van der Waals surface area contributed by atoms with Gasteiger partial charge in [-0.3, -0.25) is 19.3 Å². The van der Waals surface area contributed by atoms with E-state index < -0.39 is 0 Å². The molecule has 0 bridgehead atoms. The summed E-state index contributed by atoms with van der Waals surface area (Å²) in [5.41, 5.74) is 3.66. The number of amides is 2. The summed E-state index contributed by atoms with van der Waals surface area (Å²) in [5, 5.41) is 7.70. The first-order valence-electron chi connectivity index (χ1n) is 12.4. The SMILES string of the molecule is O=C(NCc1ccco1)C1CCN(C(=O)/C=C/c2cn(Cc3ccccc3)nc2-c2cccnc2)CC1. The number of benzene rings is 1. The second-order valence-corrected chi connectivity index (χ2v) is 9.09. The Morgan fingerprint density at radius 1 is 1.05 bits per heavy atom. The van der Waals surface area contributed by atoms with Crippen LogP contribution in [0, 0.1) is 5.92 Å². The zero-order valence-corrected chi connectivity index (χ0v) is 20.5. The Hall–Kier alpha value is -4.46. The summed E-state index contributed by atoms with van der Waals surface area (Å²) in [6.45, 7) is 2.10. The standard InChI is InChI=1S/C29H29N5O3/c35-27(33-15-12-23(13-16-33)29(36)31-19-26-9-5-17-37-26)11-10-25-21-34(20-22-6-2-1-3-7-22)32-28(25)24-8-4-14-30-18-24/h1-11,14,17-18,21,23H,12-13,15-16,19-20H2,(H,31,36)/b11-10+. The second-order valence-electron chi connectivity index (χ2n) is 9.09. The second kappa shape index (κ2) is 11.5. The maximum Gasteiger partial charge on any atom is 0.246 e. The monoisotopic (exact) mass is 495 g/mol. The number of hydrogen-bond acceptors (Lipinski definition) is 5. The third-order valence-electron chi connectivity index (χ3n) is 6.51. The predicted octanol–water partition coefficient (Wildman–Crippen LogP) is 4.15. The van der Waals surface area contributed by atoms with Gasteiger partial charge in [-0.15, -0.1) is 0 Å². The molecule has 4 heterocycles. The van der Waals surface area contributed by atoms with Crippen LogP contribution in [0.2, 0.25) is 0 Å². The van der Waals surface area contributed by atoms with Gasteiger partial charge >= 0.3 is 0 Å². The van der Waals surface area contributed by atoms with E-state index in [0.717, 1.165) is 28.1 Å². The minimum absolute atomic E-state index is 0.00554. The van der Waals surface area contributed by atoms with Crippen LogP contribution in [-0.2, 0) is 22.7 Å². The van der Waals surface area contributed by atoms with E-state index in [1.807, 2.05) is 53.4 Å². The highest BCUT2D eigenvalue weighted by molar-refractivity contribution is 5.93. The number of rotatable bonds is 8. The third kappa shape index (κ3) is 6.22. The van der Waals surface area contributed by atoms with E-state index in [4.69, 9.17) is 9.52 Å². The molecule has 1 saturated heterocycles. The molecular weight excluding hydrogens is 466 g/mol. The van der Waals surface area contributed by atoms with Gasteiger partial charge in [-0.2, -0.15) is 5.10 Å². The van der Waals surface area contributed by atoms with Crippen molar-refractivity contribution >= 4 is 17.9 Å². The van der Waals surface area contributed by atoms with Crippen LogP contribution in [0.25, 0.3) is 17.3 Å². The van der Waals surface area contributed by atoms with Crippen LogP contribution in [0.3, 0.4) is 0 Å². The Labute approximate surface area is 215 Å². The fourth-order valence-corrected chi connectivity index (χ4v) is 4.50. The normalized spacial score (nSPS) is 14.2. The first kappa shape index (κ1) is 24.2. The average molecular weight is 496 g/mol. The van der Waals surface area contributed by atoms with E-state index in [-0.39, 0.29) is 17.7 Å². The van der Waals surface area contributed by atoms with E-state index in [0.29, 0.717) is 39.0 Å². The molecule has 37 heavy (non-hydrogen) atoms. The largest absolute Gasteiger partial charge is 0.467 e. The van der Waals surface area contributed by atoms with Crippen molar-refractivity contribution in [1.29, 1.82) is 0 Å². The first-order valence-corrected chi connectivity index (χ1v) is 12.4. The quantitative estimate of drug-likeness (QED) is 0.371. The van der Waals surface area contributed by atoms with Crippen molar-refractivity contribution in [3.8, 4) is 11.3 Å². The Kier molecular flexibility index (Phi) is 7.55. The highest BCUT2D eigenvalue weighted by Crippen LogP contribution is 2.24. The molecule has 188 valence electrons. The van der Waals surface area contributed by atoms with Crippen molar-refractivity contribution in [2.75, 3.05) is 13.1 Å². The summed E-state index contributed by atoms with van der Waals surface area (Å²) >= 11 is 0. The van der Waals surface area contributed by atoms with E-state index in [9.17, 15) is 9.59 Å². The molecule has 2 amide bonds. The van der Waals surface area contributed by atoms with Gasteiger partial charge in [0.2, 0.25) is 11.8 Å². The topological polar surface area (TPSA) is 93.3 Å².